The Labute approximate surface area is 132 Å². The molecule has 0 heterocycles. The van der Waals surface area contributed by atoms with Gasteiger partial charge in [-0.3, -0.25) is 0 Å². The van der Waals surface area contributed by atoms with E-state index in [1.165, 1.54) is 11.1 Å². The molecule has 3 heteroatoms. The van der Waals surface area contributed by atoms with Crippen molar-refractivity contribution >= 4 is 12.6 Å². The van der Waals surface area contributed by atoms with Gasteiger partial charge in [-0.1, -0.05) is 42.5 Å². The molecule has 21 heavy (non-hydrogen) atoms. The van der Waals surface area contributed by atoms with Crippen LogP contribution in [0.3, 0.4) is 0 Å². The largest absolute Gasteiger partial charge is 0.494 e. The Morgan fingerprint density at radius 3 is 2.29 bits per heavy atom. The molecule has 0 aliphatic carbocycles. The van der Waals surface area contributed by atoms with Gasteiger partial charge in [0, 0.05) is 11.8 Å². The number of hydrogen-bond acceptors (Lipinski definition) is 3. The van der Waals surface area contributed by atoms with Gasteiger partial charge in [-0.05, 0) is 42.5 Å². The molecule has 2 aromatic rings. The highest BCUT2D eigenvalue weighted by Gasteiger charge is 2.00. The van der Waals surface area contributed by atoms with E-state index in [9.17, 15) is 0 Å². The lowest BCUT2D eigenvalue weighted by atomic mass is 10.1. The smallest absolute Gasteiger partial charge is 0.119 e. The Bertz CT molecular complexity index is 513. The van der Waals surface area contributed by atoms with Crippen LogP contribution in [-0.4, -0.2) is 18.4 Å². The van der Waals surface area contributed by atoms with Gasteiger partial charge < -0.3 is 10.5 Å². The molecule has 0 unspecified atom stereocenters. The first-order chi connectivity index (χ1) is 10.3. The third-order valence-electron chi connectivity index (χ3n) is 3.40. The maximum atomic E-state index is 5.81. The Morgan fingerprint density at radius 1 is 0.952 bits per heavy atom. The van der Waals surface area contributed by atoms with Crippen molar-refractivity contribution in [3.8, 4) is 5.75 Å². The van der Waals surface area contributed by atoms with Crippen molar-refractivity contribution < 1.29 is 4.74 Å². The van der Waals surface area contributed by atoms with Crippen LogP contribution in [-0.2, 0) is 6.42 Å². The monoisotopic (exact) mass is 301 g/mol. The molecule has 0 saturated carbocycles. The van der Waals surface area contributed by atoms with E-state index in [-0.39, 0.29) is 6.04 Å². The van der Waals surface area contributed by atoms with Crippen LogP contribution in [0.4, 0.5) is 0 Å². The fourth-order valence-electron chi connectivity index (χ4n) is 2.16. The van der Waals surface area contributed by atoms with Crippen molar-refractivity contribution in [2.24, 2.45) is 5.73 Å². The van der Waals surface area contributed by atoms with Crippen molar-refractivity contribution in [1.29, 1.82) is 0 Å². The van der Waals surface area contributed by atoms with Crippen LogP contribution in [0.1, 0.15) is 24.0 Å². The van der Waals surface area contributed by atoms with Crippen LogP contribution >= 0.6 is 12.6 Å². The summed E-state index contributed by atoms with van der Waals surface area (Å²) in [7, 11) is 0. The average Bonchev–Trinajstić information content (AvgIpc) is 2.54. The Morgan fingerprint density at radius 2 is 1.62 bits per heavy atom. The molecule has 2 aromatic carbocycles. The lowest BCUT2D eigenvalue weighted by Gasteiger charge is -2.10. The Kier molecular flexibility index (Phi) is 6.64. The quantitative estimate of drug-likeness (QED) is 0.576. The number of rotatable bonds is 8. The maximum absolute atomic E-state index is 5.81. The second kappa shape index (κ2) is 8.75. The van der Waals surface area contributed by atoms with Crippen LogP contribution in [0.5, 0.6) is 5.75 Å². The van der Waals surface area contributed by atoms with E-state index in [0.29, 0.717) is 6.61 Å². The van der Waals surface area contributed by atoms with Gasteiger partial charge in [-0.25, -0.2) is 0 Å². The fourth-order valence-corrected chi connectivity index (χ4v) is 2.34. The van der Waals surface area contributed by atoms with E-state index >= 15 is 0 Å². The third kappa shape index (κ3) is 5.82. The Hall–Kier alpha value is -1.45. The lowest BCUT2D eigenvalue weighted by Crippen LogP contribution is -2.22. The normalized spacial score (nSPS) is 12.1. The standard InChI is InChI=1S/C18H23NOS/c19-17(14-21)7-4-12-20-18-10-8-16(9-11-18)13-15-5-2-1-3-6-15/h1-3,5-6,8-11,17,21H,4,7,12-14,19H2/t17-/m1/s1. The zero-order valence-corrected chi connectivity index (χ0v) is 13.1. The molecule has 2 rings (SSSR count). The second-order valence-electron chi connectivity index (χ2n) is 5.24. The topological polar surface area (TPSA) is 35.2 Å². The van der Waals surface area contributed by atoms with Crippen LogP contribution in [0.2, 0.25) is 0 Å². The predicted molar refractivity (Wildman–Crippen MR) is 92.2 cm³/mol. The molecule has 0 bridgehead atoms. The summed E-state index contributed by atoms with van der Waals surface area (Å²) in [6.45, 7) is 0.708. The highest BCUT2D eigenvalue weighted by molar-refractivity contribution is 7.80. The molecule has 0 saturated heterocycles. The number of nitrogens with two attached hydrogens (primary N) is 1. The molecule has 112 valence electrons. The van der Waals surface area contributed by atoms with E-state index in [1.807, 2.05) is 18.2 Å². The highest BCUT2D eigenvalue weighted by Crippen LogP contribution is 2.15. The molecule has 2 N–H and O–H groups in total. The molecular weight excluding hydrogens is 278 g/mol. The summed E-state index contributed by atoms with van der Waals surface area (Å²) >= 11 is 4.17. The molecule has 0 spiro atoms. The number of hydrogen-bond donors (Lipinski definition) is 2. The van der Waals surface area contributed by atoms with Crippen LogP contribution < -0.4 is 10.5 Å². The maximum Gasteiger partial charge on any atom is 0.119 e. The number of benzene rings is 2. The van der Waals surface area contributed by atoms with Gasteiger partial charge in [0.05, 0.1) is 6.61 Å². The molecule has 0 aromatic heterocycles. The van der Waals surface area contributed by atoms with Gasteiger partial charge in [0.1, 0.15) is 5.75 Å². The molecule has 0 fully saturated rings. The van der Waals surface area contributed by atoms with Crippen molar-refractivity contribution in [3.05, 3.63) is 65.7 Å². The van der Waals surface area contributed by atoms with E-state index in [0.717, 1.165) is 30.8 Å². The summed E-state index contributed by atoms with van der Waals surface area (Å²) in [6.07, 6.45) is 2.88. The van der Waals surface area contributed by atoms with Crippen molar-refractivity contribution in [2.45, 2.75) is 25.3 Å². The summed E-state index contributed by atoms with van der Waals surface area (Å²) < 4.78 is 5.73. The summed E-state index contributed by atoms with van der Waals surface area (Å²) in [5.74, 6) is 1.65. The van der Waals surface area contributed by atoms with Gasteiger partial charge >= 0.3 is 0 Å². The molecular formula is C18H23NOS. The predicted octanol–water partition coefficient (Wildman–Crippen LogP) is 3.69. The molecule has 0 amide bonds. The van der Waals surface area contributed by atoms with Crippen molar-refractivity contribution in [3.63, 3.8) is 0 Å². The van der Waals surface area contributed by atoms with Gasteiger partial charge in [0.15, 0.2) is 0 Å². The summed E-state index contributed by atoms with van der Waals surface area (Å²) in [5, 5.41) is 0. The number of thiol groups is 1. The SMILES string of the molecule is N[C@@H](CS)CCCOc1ccc(Cc2ccccc2)cc1. The number of ether oxygens (including phenoxy) is 1. The van der Waals surface area contributed by atoms with Crippen molar-refractivity contribution in [2.75, 3.05) is 12.4 Å². The second-order valence-corrected chi connectivity index (χ2v) is 5.60. The zero-order chi connectivity index (χ0) is 14.9. The fraction of sp³-hybridized carbons (Fsp3) is 0.333. The molecule has 1 atom stereocenters. The van der Waals surface area contributed by atoms with Gasteiger partial charge in [0.25, 0.3) is 0 Å². The first-order valence-corrected chi connectivity index (χ1v) is 8.03. The van der Waals surface area contributed by atoms with Crippen molar-refractivity contribution in [1.82, 2.24) is 0 Å². The first-order valence-electron chi connectivity index (χ1n) is 7.40. The van der Waals surface area contributed by atoms with E-state index in [1.54, 1.807) is 0 Å². The average molecular weight is 301 g/mol. The van der Waals surface area contributed by atoms with E-state index < -0.39 is 0 Å². The molecule has 0 aliphatic heterocycles. The van der Waals surface area contributed by atoms with Crippen LogP contribution in [0.25, 0.3) is 0 Å². The third-order valence-corrected chi connectivity index (χ3v) is 3.87. The minimum Gasteiger partial charge on any atom is -0.494 e. The first kappa shape index (κ1) is 15.9. The minimum absolute atomic E-state index is 0.171. The Balaban J connectivity index is 1.77. The minimum atomic E-state index is 0.171. The summed E-state index contributed by atoms with van der Waals surface area (Å²) in [5.41, 5.74) is 8.44. The van der Waals surface area contributed by atoms with E-state index in [4.69, 9.17) is 10.5 Å². The van der Waals surface area contributed by atoms with E-state index in [2.05, 4.69) is 49.0 Å². The zero-order valence-electron chi connectivity index (χ0n) is 12.2. The summed E-state index contributed by atoms with van der Waals surface area (Å²) in [4.78, 5) is 0. The van der Waals surface area contributed by atoms with Crippen LogP contribution in [0, 0.1) is 0 Å². The molecule has 2 nitrogen and oxygen atoms in total. The van der Waals surface area contributed by atoms with Gasteiger partial charge in [-0.2, -0.15) is 12.6 Å². The van der Waals surface area contributed by atoms with Crippen LogP contribution in [0.15, 0.2) is 54.6 Å². The molecule has 0 aliphatic rings. The summed E-state index contributed by atoms with van der Waals surface area (Å²) in [6, 6.07) is 19.0. The van der Waals surface area contributed by atoms with Gasteiger partial charge in [-0.15, -0.1) is 0 Å². The molecule has 0 radical (unpaired) electrons. The highest BCUT2D eigenvalue weighted by atomic mass is 32.1. The van der Waals surface area contributed by atoms with Gasteiger partial charge in [0.2, 0.25) is 0 Å². The lowest BCUT2D eigenvalue weighted by molar-refractivity contribution is 0.303.